The van der Waals surface area contributed by atoms with E-state index in [0.29, 0.717) is 29.0 Å². The van der Waals surface area contributed by atoms with E-state index in [1.807, 2.05) is 17.5 Å². The summed E-state index contributed by atoms with van der Waals surface area (Å²) in [5.74, 6) is -3.62. The maximum Gasteiger partial charge on any atom is 0.341 e. The fourth-order valence-electron chi connectivity index (χ4n) is 4.82. The molecule has 33 heavy (non-hydrogen) atoms. The fourth-order valence-corrected chi connectivity index (χ4v) is 5.78. The van der Waals surface area contributed by atoms with E-state index in [2.05, 4.69) is 24.4 Å². The van der Waals surface area contributed by atoms with Gasteiger partial charge in [-0.3, -0.25) is 9.59 Å². The molecule has 0 saturated carbocycles. The topological polar surface area (TPSA) is 102 Å². The third-order valence-corrected chi connectivity index (χ3v) is 7.35. The number of ether oxygens (including phenoxy) is 2. The molecular formula is C25H29NO6S. The van der Waals surface area contributed by atoms with Crippen molar-refractivity contribution in [2.75, 3.05) is 11.9 Å². The molecular weight excluding hydrogens is 442 g/mol. The Balaban J connectivity index is 1.61. The second kappa shape index (κ2) is 10.1. The zero-order valence-corrected chi connectivity index (χ0v) is 19.7. The molecule has 2 saturated heterocycles. The SMILES string of the molecule is CCCCc1ccc(-c2csc(NC(=O)[C@@H]3[C@@H](C(=O)O)[C@@H]4CC[C@@H]3O4)c2C(=O)OCC)cc1. The lowest BCUT2D eigenvalue weighted by atomic mass is 9.79. The van der Waals surface area contributed by atoms with Crippen LogP contribution in [0.2, 0.25) is 0 Å². The van der Waals surface area contributed by atoms with Crippen molar-refractivity contribution < 1.29 is 29.0 Å². The molecule has 8 heteroatoms. The molecule has 2 bridgehead atoms. The van der Waals surface area contributed by atoms with E-state index in [1.54, 1.807) is 6.92 Å². The van der Waals surface area contributed by atoms with Gasteiger partial charge < -0.3 is 19.9 Å². The van der Waals surface area contributed by atoms with Gasteiger partial charge in [0.2, 0.25) is 5.91 Å². The highest BCUT2D eigenvalue weighted by Crippen LogP contribution is 2.45. The smallest absolute Gasteiger partial charge is 0.341 e. The number of hydrogen-bond donors (Lipinski definition) is 2. The van der Waals surface area contributed by atoms with E-state index < -0.39 is 41.9 Å². The zero-order valence-electron chi connectivity index (χ0n) is 18.8. The van der Waals surface area contributed by atoms with Gasteiger partial charge in [0.1, 0.15) is 10.6 Å². The quantitative estimate of drug-likeness (QED) is 0.512. The minimum Gasteiger partial charge on any atom is -0.481 e. The van der Waals surface area contributed by atoms with Gasteiger partial charge in [0, 0.05) is 10.9 Å². The number of fused-ring (bicyclic) bond motifs is 2. The first-order valence-electron chi connectivity index (χ1n) is 11.5. The van der Waals surface area contributed by atoms with Crippen LogP contribution in [0, 0.1) is 11.8 Å². The summed E-state index contributed by atoms with van der Waals surface area (Å²) in [6, 6.07) is 8.07. The Morgan fingerprint density at radius 2 is 1.82 bits per heavy atom. The van der Waals surface area contributed by atoms with Gasteiger partial charge in [-0.05, 0) is 43.7 Å². The normalized spacial score (nSPS) is 23.5. The summed E-state index contributed by atoms with van der Waals surface area (Å²) in [6.07, 6.45) is 3.72. The molecule has 2 N–H and O–H groups in total. The van der Waals surface area contributed by atoms with E-state index in [0.717, 1.165) is 24.8 Å². The number of carbonyl (C=O) groups is 3. The molecule has 0 radical (unpaired) electrons. The van der Waals surface area contributed by atoms with Crippen LogP contribution in [0.1, 0.15) is 55.5 Å². The van der Waals surface area contributed by atoms with Crippen molar-refractivity contribution in [2.24, 2.45) is 11.8 Å². The highest BCUT2D eigenvalue weighted by Gasteiger charge is 2.55. The minimum absolute atomic E-state index is 0.207. The number of carboxylic acid groups (broad SMARTS) is 1. The molecule has 4 atom stereocenters. The fraction of sp³-hybridized carbons (Fsp3) is 0.480. The molecule has 4 rings (SSSR count). The number of thiophene rings is 1. The lowest BCUT2D eigenvalue weighted by Gasteiger charge is -2.23. The summed E-state index contributed by atoms with van der Waals surface area (Å²) in [5.41, 5.74) is 3.09. The summed E-state index contributed by atoms with van der Waals surface area (Å²) in [5, 5.41) is 14.7. The van der Waals surface area contributed by atoms with E-state index >= 15 is 0 Å². The Morgan fingerprint density at radius 3 is 2.45 bits per heavy atom. The van der Waals surface area contributed by atoms with E-state index in [-0.39, 0.29) is 6.61 Å². The first kappa shape index (κ1) is 23.4. The first-order valence-corrected chi connectivity index (χ1v) is 12.4. The number of benzene rings is 1. The Hall–Kier alpha value is -2.71. The van der Waals surface area contributed by atoms with Crippen LogP contribution in [0.25, 0.3) is 11.1 Å². The molecule has 0 unspecified atom stereocenters. The summed E-state index contributed by atoms with van der Waals surface area (Å²) >= 11 is 1.24. The van der Waals surface area contributed by atoms with E-state index in [4.69, 9.17) is 9.47 Å². The Labute approximate surface area is 197 Å². The van der Waals surface area contributed by atoms with Crippen molar-refractivity contribution in [3.05, 3.63) is 40.8 Å². The molecule has 3 heterocycles. The van der Waals surface area contributed by atoms with Crippen LogP contribution in [0.5, 0.6) is 0 Å². The lowest BCUT2D eigenvalue weighted by molar-refractivity contribution is -0.147. The highest BCUT2D eigenvalue weighted by molar-refractivity contribution is 7.15. The summed E-state index contributed by atoms with van der Waals surface area (Å²) in [6.45, 7) is 4.09. The third kappa shape index (κ3) is 4.68. The molecule has 1 aromatic heterocycles. The van der Waals surface area contributed by atoms with Crippen LogP contribution < -0.4 is 5.32 Å². The van der Waals surface area contributed by atoms with Crippen LogP contribution >= 0.6 is 11.3 Å². The van der Waals surface area contributed by atoms with Crippen LogP contribution in [0.3, 0.4) is 0 Å². The summed E-state index contributed by atoms with van der Waals surface area (Å²) in [7, 11) is 0. The van der Waals surface area contributed by atoms with Gasteiger partial charge in [0.25, 0.3) is 0 Å². The molecule has 2 aromatic rings. The van der Waals surface area contributed by atoms with Gasteiger partial charge in [-0.2, -0.15) is 0 Å². The van der Waals surface area contributed by atoms with Gasteiger partial charge in [0.15, 0.2) is 0 Å². The van der Waals surface area contributed by atoms with Crippen LogP contribution in [0.4, 0.5) is 5.00 Å². The molecule has 1 amide bonds. The Kier molecular flexibility index (Phi) is 7.14. The van der Waals surface area contributed by atoms with Crippen molar-refractivity contribution in [3.8, 4) is 11.1 Å². The highest BCUT2D eigenvalue weighted by atomic mass is 32.1. The average molecular weight is 472 g/mol. The maximum absolute atomic E-state index is 13.1. The molecule has 0 aliphatic carbocycles. The standard InChI is InChI=1S/C25H29NO6S/c1-3-5-6-14-7-9-15(10-8-14)16-13-33-23(19(16)25(30)31-4-2)26-22(27)20-17-11-12-18(32-17)21(20)24(28)29/h7-10,13,17-18,20-21H,3-6,11-12H2,1-2H3,(H,26,27)(H,28,29)/t17-,18-,20-,21-/m0/s1. The van der Waals surface area contributed by atoms with Crippen molar-refractivity contribution in [1.29, 1.82) is 0 Å². The molecule has 176 valence electrons. The number of esters is 1. The van der Waals surface area contributed by atoms with Gasteiger partial charge in [0.05, 0.1) is 30.7 Å². The number of aliphatic carboxylic acids is 1. The van der Waals surface area contributed by atoms with Crippen LogP contribution in [-0.2, 0) is 25.5 Å². The predicted molar refractivity (Wildman–Crippen MR) is 125 cm³/mol. The van der Waals surface area contributed by atoms with E-state index in [9.17, 15) is 19.5 Å². The summed E-state index contributed by atoms with van der Waals surface area (Å²) in [4.78, 5) is 37.8. The van der Waals surface area contributed by atoms with Gasteiger partial charge in [-0.25, -0.2) is 4.79 Å². The second-order valence-corrected chi connectivity index (χ2v) is 9.42. The number of carbonyl (C=O) groups excluding carboxylic acids is 2. The van der Waals surface area contributed by atoms with Crippen molar-refractivity contribution in [1.82, 2.24) is 0 Å². The Bertz CT molecular complexity index is 1030. The molecule has 1 aromatic carbocycles. The average Bonchev–Trinajstić information content (AvgIpc) is 3.52. The number of rotatable bonds is 9. The predicted octanol–water partition coefficient (Wildman–Crippen LogP) is 4.75. The largest absolute Gasteiger partial charge is 0.481 e. The molecule has 2 fully saturated rings. The number of hydrogen-bond acceptors (Lipinski definition) is 6. The van der Waals surface area contributed by atoms with Gasteiger partial charge in [-0.1, -0.05) is 37.6 Å². The lowest BCUT2D eigenvalue weighted by Crippen LogP contribution is -2.41. The van der Waals surface area contributed by atoms with Crippen molar-refractivity contribution in [2.45, 2.75) is 58.2 Å². The zero-order chi connectivity index (χ0) is 23.5. The second-order valence-electron chi connectivity index (χ2n) is 8.54. The van der Waals surface area contributed by atoms with Gasteiger partial charge >= 0.3 is 11.9 Å². The van der Waals surface area contributed by atoms with Crippen molar-refractivity contribution >= 4 is 34.2 Å². The summed E-state index contributed by atoms with van der Waals surface area (Å²) < 4.78 is 11.0. The number of nitrogens with one attached hydrogen (secondary N) is 1. The molecule has 2 aliphatic rings. The number of unbranched alkanes of at least 4 members (excludes halogenated alkanes) is 1. The maximum atomic E-state index is 13.1. The number of carboxylic acids is 1. The first-order chi connectivity index (χ1) is 15.9. The molecule has 0 spiro atoms. The number of aryl methyl sites for hydroxylation is 1. The van der Waals surface area contributed by atoms with Crippen LogP contribution in [0.15, 0.2) is 29.6 Å². The monoisotopic (exact) mass is 471 g/mol. The van der Waals surface area contributed by atoms with Crippen molar-refractivity contribution in [3.63, 3.8) is 0 Å². The number of amides is 1. The minimum atomic E-state index is -1.03. The molecule has 7 nitrogen and oxygen atoms in total. The Morgan fingerprint density at radius 1 is 1.12 bits per heavy atom. The van der Waals surface area contributed by atoms with Crippen LogP contribution in [-0.4, -0.2) is 41.8 Å². The van der Waals surface area contributed by atoms with E-state index in [1.165, 1.54) is 16.9 Å². The number of anilines is 1. The molecule has 2 aliphatic heterocycles. The van der Waals surface area contributed by atoms with Gasteiger partial charge in [-0.15, -0.1) is 11.3 Å². The third-order valence-electron chi connectivity index (χ3n) is 6.45.